The van der Waals surface area contributed by atoms with Gasteiger partial charge in [-0.3, -0.25) is 0 Å². The lowest BCUT2D eigenvalue weighted by atomic mass is 10.0. The van der Waals surface area contributed by atoms with Gasteiger partial charge in [-0.05, 0) is 50.9 Å². The van der Waals surface area contributed by atoms with E-state index < -0.39 is 0 Å². The molecule has 0 saturated carbocycles. The lowest BCUT2D eigenvalue weighted by Crippen LogP contribution is -2.24. The molecule has 0 bridgehead atoms. The molecule has 0 saturated heterocycles. The maximum Gasteiger partial charge on any atom is 0.123 e. The van der Waals surface area contributed by atoms with Crippen molar-refractivity contribution in [2.45, 2.75) is 39.7 Å². The predicted molar refractivity (Wildman–Crippen MR) is 82.7 cm³/mol. The zero-order chi connectivity index (χ0) is 14.5. The molecule has 0 radical (unpaired) electrons. The maximum atomic E-state index is 13.0. The normalized spacial score (nSPS) is 12.6. The third-order valence-corrected chi connectivity index (χ3v) is 4.44. The minimum atomic E-state index is -0.184. The summed E-state index contributed by atoms with van der Waals surface area (Å²) >= 11 is 1.75. The van der Waals surface area contributed by atoms with E-state index in [1.54, 1.807) is 11.3 Å². The summed E-state index contributed by atoms with van der Waals surface area (Å²) in [7, 11) is 0. The van der Waals surface area contributed by atoms with Crippen LogP contribution in [0.2, 0.25) is 0 Å². The van der Waals surface area contributed by atoms with E-state index in [0.29, 0.717) is 0 Å². The van der Waals surface area contributed by atoms with Gasteiger partial charge in [0.1, 0.15) is 5.82 Å². The molecular weight excluding hydrogens is 271 g/mol. The highest BCUT2D eigenvalue weighted by Gasteiger charge is 2.17. The fourth-order valence-electron chi connectivity index (χ4n) is 2.30. The summed E-state index contributed by atoms with van der Waals surface area (Å²) in [5, 5.41) is 4.68. The van der Waals surface area contributed by atoms with Crippen molar-refractivity contribution in [3.05, 3.63) is 51.2 Å². The summed E-state index contributed by atoms with van der Waals surface area (Å²) < 4.78 is 13.0. The molecule has 0 aliphatic heterocycles. The first kappa shape index (κ1) is 15.1. The quantitative estimate of drug-likeness (QED) is 0.864. The van der Waals surface area contributed by atoms with Crippen LogP contribution in [0.15, 0.2) is 24.3 Å². The largest absolute Gasteiger partial charge is 0.309 e. The van der Waals surface area contributed by atoms with Crippen molar-refractivity contribution in [2.24, 2.45) is 0 Å². The molecule has 0 amide bonds. The van der Waals surface area contributed by atoms with Gasteiger partial charge in [0, 0.05) is 10.9 Å². The first-order chi connectivity index (χ1) is 9.60. The van der Waals surface area contributed by atoms with Crippen LogP contribution in [0.25, 0.3) is 0 Å². The van der Waals surface area contributed by atoms with Gasteiger partial charge in [-0.1, -0.05) is 19.1 Å². The second-order valence-corrected chi connectivity index (χ2v) is 6.25. The van der Waals surface area contributed by atoms with Gasteiger partial charge in [0.15, 0.2) is 0 Å². The number of halogens is 1. The average molecular weight is 292 g/mol. The highest BCUT2D eigenvalue weighted by Crippen LogP contribution is 2.27. The van der Waals surface area contributed by atoms with Crippen molar-refractivity contribution < 1.29 is 4.39 Å². The first-order valence-electron chi connectivity index (χ1n) is 7.02. The van der Waals surface area contributed by atoms with Crippen LogP contribution in [-0.4, -0.2) is 11.5 Å². The molecule has 2 nitrogen and oxygen atoms in total. The van der Waals surface area contributed by atoms with Crippen LogP contribution in [0.3, 0.4) is 0 Å². The molecule has 108 valence electrons. The standard InChI is InChI=1S/C16H21FN2S/c1-4-9-18-15(16-11(2)19-12(3)20-16)10-13-5-7-14(17)8-6-13/h5-8,15,18H,4,9-10H2,1-3H3. The smallest absolute Gasteiger partial charge is 0.123 e. The van der Waals surface area contributed by atoms with E-state index in [1.807, 2.05) is 19.1 Å². The minimum absolute atomic E-state index is 0.184. The SMILES string of the molecule is CCCNC(Cc1ccc(F)cc1)c1sc(C)nc1C. The number of nitrogens with one attached hydrogen (secondary N) is 1. The van der Waals surface area contributed by atoms with Crippen LogP contribution in [0, 0.1) is 19.7 Å². The number of thiazole rings is 1. The number of rotatable bonds is 6. The van der Waals surface area contributed by atoms with E-state index >= 15 is 0 Å². The minimum Gasteiger partial charge on any atom is -0.309 e. The molecule has 1 aromatic heterocycles. The molecule has 0 aliphatic rings. The molecule has 4 heteroatoms. The third-order valence-electron chi connectivity index (χ3n) is 3.25. The van der Waals surface area contributed by atoms with E-state index in [-0.39, 0.29) is 11.9 Å². The average Bonchev–Trinajstić information content (AvgIpc) is 2.76. The third kappa shape index (κ3) is 3.87. The second kappa shape index (κ2) is 6.95. The topological polar surface area (TPSA) is 24.9 Å². The second-order valence-electron chi connectivity index (χ2n) is 5.02. The Kier molecular flexibility index (Phi) is 5.26. The summed E-state index contributed by atoms with van der Waals surface area (Å²) in [6, 6.07) is 7.03. The van der Waals surface area contributed by atoms with Crippen LogP contribution in [0.1, 0.15) is 40.5 Å². The van der Waals surface area contributed by atoms with Crippen molar-refractivity contribution >= 4 is 11.3 Å². The number of nitrogens with zero attached hydrogens (tertiary/aromatic N) is 1. The van der Waals surface area contributed by atoms with Gasteiger partial charge in [-0.2, -0.15) is 0 Å². The molecule has 1 N–H and O–H groups in total. The highest BCUT2D eigenvalue weighted by molar-refractivity contribution is 7.11. The molecule has 2 rings (SSSR count). The van der Waals surface area contributed by atoms with Gasteiger partial charge in [0.25, 0.3) is 0 Å². The van der Waals surface area contributed by atoms with Gasteiger partial charge >= 0.3 is 0 Å². The Morgan fingerprint density at radius 1 is 1.25 bits per heavy atom. The number of aromatic nitrogens is 1. The molecule has 0 spiro atoms. The molecule has 20 heavy (non-hydrogen) atoms. The van der Waals surface area contributed by atoms with Crippen LogP contribution in [0.4, 0.5) is 4.39 Å². The van der Waals surface area contributed by atoms with Crippen molar-refractivity contribution in [2.75, 3.05) is 6.54 Å². The van der Waals surface area contributed by atoms with Crippen LogP contribution in [-0.2, 0) is 6.42 Å². The van der Waals surface area contributed by atoms with Crippen LogP contribution >= 0.6 is 11.3 Å². The monoisotopic (exact) mass is 292 g/mol. The molecule has 1 heterocycles. The predicted octanol–water partition coefficient (Wildman–Crippen LogP) is 4.18. The lowest BCUT2D eigenvalue weighted by Gasteiger charge is -2.18. The molecule has 0 fully saturated rings. The van der Waals surface area contributed by atoms with Crippen molar-refractivity contribution in [3.63, 3.8) is 0 Å². The molecule has 1 aromatic carbocycles. The zero-order valence-electron chi connectivity index (χ0n) is 12.2. The van der Waals surface area contributed by atoms with Crippen molar-refractivity contribution in [1.82, 2.24) is 10.3 Å². The molecular formula is C16H21FN2S. The van der Waals surface area contributed by atoms with E-state index in [2.05, 4.69) is 24.1 Å². The highest BCUT2D eigenvalue weighted by atomic mass is 32.1. The first-order valence-corrected chi connectivity index (χ1v) is 7.83. The zero-order valence-corrected chi connectivity index (χ0v) is 13.1. The van der Waals surface area contributed by atoms with Crippen LogP contribution in [0.5, 0.6) is 0 Å². The Morgan fingerprint density at radius 2 is 1.95 bits per heavy atom. The van der Waals surface area contributed by atoms with Gasteiger partial charge in [-0.15, -0.1) is 11.3 Å². The molecule has 2 aromatic rings. The van der Waals surface area contributed by atoms with Gasteiger partial charge in [-0.25, -0.2) is 9.37 Å². The Balaban J connectivity index is 2.19. The summed E-state index contributed by atoms with van der Waals surface area (Å²) in [6.45, 7) is 7.23. The molecule has 1 unspecified atom stereocenters. The fraction of sp³-hybridized carbons (Fsp3) is 0.438. The lowest BCUT2D eigenvalue weighted by molar-refractivity contribution is 0.533. The summed E-state index contributed by atoms with van der Waals surface area (Å²) in [4.78, 5) is 5.81. The Labute approximate surface area is 124 Å². The van der Waals surface area contributed by atoms with E-state index in [9.17, 15) is 4.39 Å². The number of benzene rings is 1. The Bertz CT molecular complexity index is 548. The summed E-state index contributed by atoms with van der Waals surface area (Å²) in [5.41, 5.74) is 2.24. The summed E-state index contributed by atoms with van der Waals surface area (Å²) in [5.74, 6) is -0.184. The molecule has 0 aliphatic carbocycles. The van der Waals surface area contributed by atoms with Gasteiger partial charge in [0.2, 0.25) is 0 Å². The van der Waals surface area contributed by atoms with Crippen LogP contribution < -0.4 is 5.32 Å². The number of aryl methyl sites for hydroxylation is 2. The van der Waals surface area contributed by atoms with E-state index in [0.717, 1.165) is 35.7 Å². The van der Waals surface area contributed by atoms with Gasteiger partial charge < -0.3 is 5.32 Å². The van der Waals surface area contributed by atoms with Gasteiger partial charge in [0.05, 0.1) is 10.7 Å². The maximum absolute atomic E-state index is 13.0. The van der Waals surface area contributed by atoms with Crippen molar-refractivity contribution in [3.8, 4) is 0 Å². The number of hydrogen-bond donors (Lipinski definition) is 1. The Morgan fingerprint density at radius 3 is 2.50 bits per heavy atom. The van der Waals surface area contributed by atoms with E-state index in [4.69, 9.17) is 0 Å². The number of hydrogen-bond acceptors (Lipinski definition) is 3. The molecule has 1 atom stereocenters. The van der Waals surface area contributed by atoms with Crippen molar-refractivity contribution in [1.29, 1.82) is 0 Å². The fourth-order valence-corrected chi connectivity index (χ4v) is 3.31. The summed E-state index contributed by atoms with van der Waals surface area (Å²) in [6.07, 6.45) is 1.96. The Hall–Kier alpha value is -1.26. The van der Waals surface area contributed by atoms with E-state index in [1.165, 1.54) is 17.0 Å².